The van der Waals surface area contributed by atoms with Crippen molar-refractivity contribution in [1.29, 1.82) is 0 Å². The van der Waals surface area contributed by atoms with Crippen LogP contribution in [0.5, 0.6) is 0 Å². The monoisotopic (exact) mass is 290 g/mol. The van der Waals surface area contributed by atoms with E-state index >= 15 is 0 Å². The first kappa shape index (κ1) is 10.2. The molecule has 0 saturated heterocycles. The SMILES string of the molecule is C=IC(=O)c1cccc(C(C)=O)[nH+]1. The molecule has 0 aromatic carbocycles. The van der Waals surface area contributed by atoms with Gasteiger partial charge in [-0.2, -0.15) is 4.98 Å². The number of halogens is 1. The number of H-pyrrole nitrogens is 1. The number of ketones is 1. The second kappa shape index (κ2) is 4.36. The van der Waals surface area contributed by atoms with Gasteiger partial charge in [-0.1, -0.05) is 4.51 Å². The molecule has 68 valence electrons. The van der Waals surface area contributed by atoms with Crippen molar-refractivity contribution in [1.82, 2.24) is 0 Å². The first-order valence-corrected chi connectivity index (χ1v) is 6.21. The first-order chi connectivity index (χ1) is 6.15. The van der Waals surface area contributed by atoms with E-state index in [0.717, 1.165) is 0 Å². The molecule has 0 aliphatic rings. The molecule has 0 unspecified atom stereocenters. The van der Waals surface area contributed by atoms with Crippen LogP contribution < -0.4 is 4.98 Å². The van der Waals surface area contributed by atoms with Gasteiger partial charge in [-0.15, -0.1) is 0 Å². The highest BCUT2D eigenvalue weighted by Crippen LogP contribution is 2.04. The molecule has 1 rings (SSSR count). The van der Waals surface area contributed by atoms with Gasteiger partial charge in [0.05, 0.1) is 0 Å². The zero-order chi connectivity index (χ0) is 9.84. The molecule has 1 N–H and O–H groups in total. The van der Waals surface area contributed by atoms with E-state index in [-0.39, 0.29) is 9.57 Å². The molecule has 13 heavy (non-hydrogen) atoms. The minimum atomic E-state index is -0.698. The van der Waals surface area contributed by atoms with Crippen LogP contribution in [0.25, 0.3) is 0 Å². The van der Waals surface area contributed by atoms with Crippen molar-refractivity contribution in [3.05, 3.63) is 29.6 Å². The Balaban J connectivity index is 3.12. The van der Waals surface area contributed by atoms with E-state index in [1.165, 1.54) is 6.92 Å². The predicted octanol–water partition coefficient (Wildman–Crippen LogP) is 1.25. The molecule has 0 atom stereocenters. The number of carbonyl (C=O) groups is 2. The van der Waals surface area contributed by atoms with Crippen LogP contribution in [0.4, 0.5) is 0 Å². The molecule has 0 amide bonds. The molecule has 0 bridgehead atoms. The lowest BCUT2D eigenvalue weighted by Crippen LogP contribution is -2.21. The van der Waals surface area contributed by atoms with E-state index < -0.39 is 20.7 Å². The Labute approximate surface area is 85.9 Å². The minimum Gasteiger partial charge on any atom is -0.288 e. The van der Waals surface area contributed by atoms with Gasteiger partial charge in [0.15, 0.2) is 0 Å². The zero-order valence-corrected chi connectivity index (χ0v) is 9.29. The van der Waals surface area contributed by atoms with Crippen molar-refractivity contribution in [2.45, 2.75) is 6.92 Å². The number of rotatable bonds is 3. The Bertz CT molecular complexity index is 374. The summed E-state index contributed by atoms with van der Waals surface area (Å²) in [5.41, 5.74) is 0.943. The second-order valence-corrected chi connectivity index (χ2v) is 4.18. The Morgan fingerprint density at radius 1 is 1.38 bits per heavy atom. The Hall–Kier alpha value is -0.910. The molecule has 4 heteroatoms. The first-order valence-electron chi connectivity index (χ1n) is 3.61. The summed E-state index contributed by atoms with van der Waals surface area (Å²) >= 11 is -0.698. The molecule has 1 heterocycles. The van der Waals surface area contributed by atoms with Crippen LogP contribution in [0.2, 0.25) is 0 Å². The number of aromatic nitrogens is 1. The molecule has 0 fully saturated rings. The van der Waals surface area contributed by atoms with Crippen LogP contribution in [-0.2, 0) is 0 Å². The Morgan fingerprint density at radius 2 is 2.00 bits per heavy atom. The van der Waals surface area contributed by atoms with Gasteiger partial charge in [0, 0.05) is 19.1 Å². The van der Waals surface area contributed by atoms with Crippen LogP contribution in [0.15, 0.2) is 18.2 Å². The molecule has 0 aliphatic heterocycles. The maximum atomic E-state index is 11.2. The Kier molecular flexibility index (Phi) is 3.41. The molecule has 1 aromatic rings. The van der Waals surface area contributed by atoms with Gasteiger partial charge in [0.2, 0.25) is 11.5 Å². The van der Waals surface area contributed by atoms with Crippen LogP contribution >= 0.6 is 20.7 Å². The number of hydrogen-bond donors (Lipinski definition) is 0. The number of aromatic amines is 1. The van der Waals surface area contributed by atoms with Gasteiger partial charge in [-0.3, -0.25) is 9.59 Å². The molecule has 3 nitrogen and oxygen atoms in total. The van der Waals surface area contributed by atoms with Gasteiger partial charge < -0.3 is 0 Å². The molecular weight excluding hydrogens is 281 g/mol. The van der Waals surface area contributed by atoms with E-state index in [1.807, 2.05) is 0 Å². The van der Waals surface area contributed by atoms with E-state index in [9.17, 15) is 9.59 Å². The summed E-state index contributed by atoms with van der Waals surface area (Å²) < 4.78 is 3.61. The fourth-order valence-electron chi connectivity index (χ4n) is 0.861. The van der Waals surface area contributed by atoms with Crippen molar-refractivity contribution in [2.24, 2.45) is 0 Å². The van der Waals surface area contributed by atoms with Gasteiger partial charge in [0.1, 0.15) is 0 Å². The fraction of sp³-hybridized carbons (Fsp3) is 0.111. The lowest BCUT2D eigenvalue weighted by Gasteiger charge is -1.89. The van der Waals surface area contributed by atoms with Gasteiger partial charge in [-0.25, -0.2) is 0 Å². The standard InChI is InChI=1S/C9H8INO2/c1-6(12)7-4-3-5-8(11-7)9(13)10-2/h3-5H,2H2,1H3/p+1. The van der Waals surface area contributed by atoms with Crippen molar-refractivity contribution in [3.8, 4) is 0 Å². The molecular formula is C9H9INO2+. The van der Waals surface area contributed by atoms with E-state index in [2.05, 4.69) is 9.50 Å². The van der Waals surface area contributed by atoms with Crippen molar-refractivity contribution in [2.75, 3.05) is 0 Å². The average Bonchev–Trinajstić information content (AvgIpc) is 2.17. The van der Waals surface area contributed by atoms with Gasteiger partial charge >= 0.3 is 0 Å². The van der Waals surface area contributed by atoms with Crippen molar-refractivity contribution >= 4 is 34.8 Å². The fourth-order valence-corrected chi connectivity index (χ4v) is 1.59. The predicted molar refractivity (Wildman–Crippen MR) is 58.5 cm³/mol. The highest BCUT2D eigenvalue weighted by Gasteiger charge is 2.13. The highest BCUT2D eigenvalue weighted by molar-refractivity contribution is 14.2. The lowest BCUT2D eigenvalue weighted by molar-refractivity contribution is -0.384. The maximum absolute atomic E-state index is 11.2. The number of carbonyl (C=O) groups excluding carboxylic acids is 2. The number of Topliss-reactive ketones (excluding diaryl/α,β-unsaturated/α-hetero) is 1. The second-order valence-electron chi connectivity index (χ2n) is 2.44. The Morgan fingerprint density at radius 3 is 2.54 bits per heavy atom. The summed E-state index contributed by atoms with van der Waals surface area (Å²) in [5.74, 6) is -0.0723. The largest absolute Gasteiger partial charge is 0.288 e. The molecule has 0 spiro atoms. The van der Waals surface area contributed by atoms with Crippen LogP contribution in [-0.4, -0.2) is 14.1 Å². The summed E-state index contributed by atoms with van der Waals surface area (Å²) in [4.78, 5) is 25.0. The topological polar surface area (TPSA) is 48.3 Å². The third kappa shape index (κ3) is 2.51. The minimum absolute atomic E-state index is 0.0156. The summed E-state index contributed by atoms with van der Waals surface area (Å²) in [6.45, 7) is 1.46. The van der Waals surface area contributed by atoms with Gasteiger partial charge in [0.25, 0.3) is 9.48 Å². The molecule has 0 radical (unpaired) electrons. The number of nitrogens with one attached hydrogen (secondary N) is 1. The van der Waals surface area contributed by atoms with Crippen molar-refractivity contribution in [3.63, 3.8) is 0 Å². The zero-order valence-electron chi connectivity index (χ0n) is 7.13. The van der Waals surface area contributed by atoms with Crippen molar-refractivity contribution < 1.29 is 14.6 Å². The normalized spacial score (nSPS) is 9.62. The third-order valence-electron chi connectivity index (χ3n) is 1.51. The van der Waals surface area contributed by atoms with Gasteiger partial charge in [-0.05, 0) is 26.8 Å². The maximum Gasteiger partial charge on any atom is 0.279 e. The van der Waals surface area contributed by atoms with Crippen LogP contribution in [0, 0.1) is 0 Å². The highest BCUT2D eigenvalue weighted by atomic mass is 127. The smallest absolute Gasteiger partial charge is 0.279 e. The quantitative estimate of drug-likeness (QED) is 0.478. The lowest BCUT2D eigenvalue weighted by atomic mass is 10.2. The number of hydrogen-bond acceptors (Lipinski definition) is 2. The summed E-state index contributed by atoms with van der Waals surface area (Å²) in [5, 5.41) is 0. The van der Waals surface area contributed by atoms with E-state index in [4.69, 9.17) is 0 Å². The third-order valence-corrected chi connectivity index (χ3v) is 2.78. The summed E-state index contributed by atoms with van der Waals surface area (Å²) in [7, 11) is 0. The molecule has 1 aromatic heterocycles. The van der Waals surface area contributed by atoms with E-state index in [1.54, 1.807) is 18.2 Å². The number of pyridine rings is 1. The molecule has 0 saturated carbocycles. The van der Waals surface area contributed by atoms with E-state index in [0.29, 0.717) is 11.4 Å². The molecule has 0 aliphatic carbocycles. The average molecular weight is 290 g/mol. The summed E-state index contributed by atoms with van der Waals surface area (Å²) in [6, 6.07) is 5.01. The summed E-state index contributed by atoms with van der Waals surface area (Å²) in [6.07, 6.45) is 0. The van der Waals surface area contributed by atoms with Crippen LogP contribution in [0.1, 0.15) is 27.9 Å². The van der Waals surface area contributed by atoms with Crippen LogP contribution in [0.3, 0.4) is 0 Å².